The summed E-state index contributed by atoms with van der Waals surface area (Å²) in [4.78, 5) is 25.2. The molecule has 0 aliphatic carbocycles. The van der Waals surface area contributed by atoms with Crippen molar-refractivity contribution >= 4 is 33.5 Å². The van der Waals surface area contributed by atoms with Gasteiger partial charge in [0.25, 0.3) is 5.91 Å². The average molecular weight is 612 g/mol. The fourth-order valence-corrected chi connectivity index (χ4v) is 6.27. The summed E-state index contributed by atoms with van der Waals surface area (Å²) >= 11 is 1.81. The highest BCUT2D eigenvalue weighted by molar-refractivity contribution is 7.99. The minimum absolute atomic E-state index is 0.128. The Bertz CT molecular complexity index is 1540. The monoisotopic (exact) mass is 611 g/mol. The van der Waals surface area contributed by atoms with Crippen LogP contribution in [0.1, 0.15) is 52.1 Å². The first-order chi connectivity index (χ1) is 20.1. The van der Waals surface area contributed by atoms with Gasteiger partial charge < -0.3 is 19.9 Å². The van der Waals surface area contributed by atoms with Crippen LogP contribution in [0.4, 0.5) is 0 Å². The number of ether oxygens (including phenoxy) is 2. The number of sulfone groups is 1. The second-order valence-corrected chi connectivity index (χ2v) is 14.0. The Labute approximate surface area is 251 Å². The van der Waals surface area contributed by atoms with Crippen LogP contribution in [0.15, 0.2) is 60.7 Å². The van der Waals surface area contributed by atoms with E-state index in [-0.39, 0.29) is 18.3 Å². The van der Waals surface area contributed by atoms with Crippen LogP contribution >= 0.6 is 11.8 Å². The second kappa shape index (κ2) is 14.2. The summed E-state index contributed by atoms with van der Waals surface area (Å²) in [7, 11) is -3.39. The van der Waals surface area contributed by atoms with Gasteiger partial charge in [-0.25, -0.2) is 13.2 Å². The van der Waals surface area contributed by atoms with Crippen molar-refractivity contribution in [3.8, 4) is 16.9 Å². The van der Waals surface area contributed by atoms with Gasteiger partial charge in [-0.2, -0.15) is 11.8 Å². The van der Waals surface area contributed by atoms with Crippen molar-refractivity contribution in [2.75, 3.05) is 30.1 Å². The van der Waals surface area contributed by atoms with E-state index >= 15 is 0 Å². The third-order valence-corrected chi connectivity index (χ3v) is 9.08. The smallest absolute Gasteiger partial charge is 0.326 e. The quantitative estimate of drug-likeness (QED) is 0.255. The van der Waals surface area contributed by atoms with Gasteiger partial charge in [-0.3, -0.25) is 4.79 Å². The Morgan fingerprint density at radius 2 is 1.88 bits per heavy atom. The minimum atomic E-state index is -3.39. The zero-order chi connectivity index (χ0) is 30.3. The number of nitrogens with one attached hydrogen (secondary N) is 1. The van der Waals surface area contributed by atoms with Gasteiger partial charge in [0.1, 0.15) is 21.6 Å². The molecule has 1 aliphatic rings. The number of hydrogen-bond acceptors (Lipinski definition) is 7. The first-order valence-electron chi connectivity index (χ1n) is 13.9. The van der Waals surface area contributed by atoms with E-state index in [0.717, 1.165) is 52.2 Å². The topological polar surface area (TPSA) is 119 Å². The number of hydrogen-bond donors (Lipinski definition) is 2. The molecular weight excluding hydrogens is 574 g/mol. The van der Waals surface area contributed by atoms with Gasteiger partial charge in [0, 0.05) is 24.0 Å². The Morgan fingerprint density at radius 3 is 2.60 bits per heavy atom. The third-order valence-electron chi connectivity index (χ3n) is 7.15. The molecule has 0 radical (unpaired) electrons. The van der Waals surface area contributed by atoms with Gasteiger partial charge in [0.05, 0.1) is 25.1 Å². The largest absolute Gasteiger partial charge is 0.493 e. The molecule has 0 aromatic heterocycles. The van der Waals surface area contributed by atoms with E-state index in [4.69, 9.17) is 9.47 Å². The molecule has 2 atom stereocenters. The van der Waals surface area contributed by atoms with Gasteiger partial charge in [-0.05, 0) is 76.7 Å². The molecule has 10 heteroatoms. The van der Waals surface area contributed by atoms with Crippen molar-refractivity contribution in [2.24, 2.45) is 0 Å². The Kier molecular flexibility index (Phi) is 10.7. The summed E-state index contributed by atoms with van der Waals surface area (Å²) in [6.45, 7) is 5.07. The summed E-state index contributed by atoms with van der Waals surface area (Å²) < 4.78 is 35.4. The van der Waals surface area contributed by atoms with Crippen LogP contribution in [-0.2, 0) is 32.4 Å². The molecule has 0 saturated heterocycles. The number of carbonyl (C=O) groups is 2. The summed E-state index contributed by atoms with van der Waals surface area (Å²) in [5, 5.41) is 12.2. The van der Waals surface area contributed by atoms with E-state index in [2.05, 4.69) is 24.4 Å². The van der Waals surface area contributed by atoms with E-state index < -0.39 is 27.8 Å². The number of carboxylic acids is 1. The van der Waals surface area contributed by atoms with E-state index in [1.807, 2.05) is 49.4 Å². The molecule has 0 fully saturated rings. The maximum absolute atomic E-state index is 13.4. The van der Waals surface area contributed by atoms with Crippen LogP contribution < -0.4 is 10.1 Å². The van der Waals surface area contributed by atoms with Crippen LogP contribution in [0, 0.1) is 6.92 Å². The van der Waals surface area contributed by atoms with Crippen molar-refractivity contribution in [3.05, 3.63) is 88.5 Å². The Morgan fingerprint density at radius 1 is 1.10 bits per heavy atom. The number of aliphatic carboxylic acids is 1. The average Bonchev–Trinajstić information content (AvgIpc) is 3.43. The maximum Gasteiger partial charge on any atom is 0.326 e. The molecule has 4 rings (SSSR count). The Hall–Kier alpha value is -3.34. The van der Waals surface area contributed by atoms with Gasteiger partial charge in [0.15, 0.2) is 0 Å². The zero-order valence-electron chi connectivity index (χ0n) is 24.1. The maximum atomic E-state index is 13.4. The van der Waals surface area contributed by atoms with E-state index in [9.17, 15) is 23.1 Å². The second-order valence-electron chi connectivity index (χ2n) is 10.4. The summed E-state index contributed by atoms with van der Waals surface area (Å²) in [5.41, 5.74) is 5.90. The first-order valence-corrected chi connectivity index (χ1v) is 17.1. The van der Waals surface area contributed by atoms with Gasteiger partial charge in [-0.1, -0.05) is 43.3 Å². The predicted octanol–water partition coefficient (Wildman–Crippen LogP) is 5.23. The number of fused-ring (bicyclic) bond motifs is 1. The number of rotatable bonds is 14. The normalized spacial score (nSPS) is 14.1. The lowest BCUT2D eigenvalue weighted by molar-refractivity contribution is -0.139. The number of carboxylic acid groups (broad SMARTS) is 1. The van der Waals surface area contributed by atoms with Crippen molar-refractivity contribution in [1.82, 2.24) is 5.32 Å². The number of carbonyl (C=O) groups excluding carboxylic acids is 1. The summed E-state index contributed by atoms with van der Waals surface area (Å²) in [5.74, 6) is 0.476. The van der Waals surface area contributed by atoms with Gasteiger partial charge in [0.2, 0.25) is 0 Å². The zero-order valence-corrected chi connectivity index (χ0v) is 25.7. The molecule has 0 unspecified atom stereocenters. The lowest BCUT2D eigenvalue weighted by Gasteiger charge is -2.20. The molecule has 1 heterocycles. The summed E-state index contributed by atoms with van der Waals surface area (Å²) in [6.07, 6.45) is 1.57. The SMILES string of the molecule is CCSC[C@@H](OCc1ccc(C(=O)N[C@@H](CCS(C)(=O)=O)C(=O)O)c(-c2ccccc2C)c1)c1ccc2c(c1)CCO2. The van der Waals surface area contributed by atoms with Crippen LogP contribution in [0.2, 0.25) is 0 Å². The fourth-order valence-electron chi connectivity index (χ4n) is 4.87. The van der Waals surface area contributed by atoms with Crippen molar-refractivity contribution in [2.45, 2.75) is 45.4 Å². The number of amides is 1. The van der Waals surface area contributed by atoms with Gasteiger partial charge in [-0.15, -0.1) is 0 Å². The van der Waals surface area contributed by atoms with E-state index in [1.54, 1.807) is 17.8 Å². The number of aryl methyl sites for hydroxylation is 1. The highest BCUT2D eigenvalue weighted by Crippen LogP contribution is 2.33. The molecule has 42 heavy (non-hydrogen) atoms. The molecule has 2 N–H and O–H groups in total. The molecule has 224 valence electrons. The predicted molar refractivity (Wildman–Crippen MR) is 166 cm³/mol. The third kappa shape index (κ3) is 8.36. The van der Waals surface area contributed by atoms with E-state index in [0.29, 0.717) is 24.3 Å². The van der Waals surface area contributed by atoms with E-state index in [1.165, 1.54) is 5.56 Å². The van der Waals surface area contributed by atoms with Crippen LogP contribution in [-0.4, -0.2) is 61.6 Å². The Balaban J connectivity index is 1.60. The van der Waals surface area contributed by atoms with Crippen LogP contribution in [0.3, 0.4) is 0 Å². The van der Waals surface area contributed by atoms with Crippen LogP contribution in [0.5, 0.6) is 5.75 Å². The lowest BCUT2D eigenvalue weighted by Crippen LogP contribution is -2.42. The molecule has 1 aliphatic heterocycles. The standard InChI is InChI=1S/C32H37NO7S2/c1-4-41-20-30(23-10-12-29-24(18-23)13-15-39-29)40-19-22-9-11-26(27(17-22)25-8-6-5-7-21(25)2)31(34)33-28(32(35)36)14-16-42(3,37)38/h5-12,17-18,28,30H,4,13-16,19-20H2,1-3H3,(H,33,34)(H,35,36)/t28-,30+/m0/s1. The van der Waals surface area contributed by atoms with Crippen molar-refractivity contribution in [1.29, 1.82) is 0 Å². The highest BCUT2D eigenvalue weighted by Gasteiger charge is 2.25. The molecule has 8 nitrogen and oxygen atoms in total. The minimum Gasteiger partial charge on any atom is -0.493 e. The number of benzene rings is 3. The molecular formula is C32H37NO7S2. The molecule has 1 amide bonds. The van der Waals surface area contributed by atoms with Gasteiger partial charge >= 0.3 is 5.97 Å². The molecule has 0 spiro atoms. The van der Waals surface area contributed by atoms with Crippen LogP contribution in [0.25, 0.3) is 11.1 Å². The van der Waals surface area contributed by atoms with Crippen molar-refractivity contribution in [3.63, 3.8) is 0 Å². The molecule has 3 aromatic rings. The lowest BCUT2D eigenvalue weighted by atomic mass is 9.93. The molecule has 0 bridgehead atoms. The number of thioether (sulfide) groups is 1. The fraction of sp³-hybridized carbons (Fsp3) is 0.375. The first kappa shape index (κ1) is 31.6. The molecule has 0 saturated carbocycles. The van der Waals surface area contributed by atoms with Crippen molar-refractivity contribution < 1.29 is 32.6 Å². The summed E-state index contributed by atoms with van der Waals surface area (Å²) in [6, 6.07) is 17.9. The molecule has 3 aromatic carbocycles. The highest BCUT2D eigenvalue weighted by atomic mass is 32.2.